The van der Waals surface area contributed by atoms with Crippen molar-refractivity contribution in [3.8, 4) is 5.75 Å². The number of aromatic nitrogens is 2. The number of fused-ring (bicyclic) bond motifs is 1. The molecule has 0 saturated carbocycles. The van der Waals surface area contributed by atoms with Crippen LogP contribution in [0, 0.1) is 13.8 Å². The molecule has 0 saturated heterocycles. The average Bonchev–Trinajstić information content (AvgIpc) is 2.99. The van der Waals surface area contributed by atoms with Gasteiger partial charge in [-0.05, 0) is 32.0 Å². The van der Waals surface area contributed by atoms with Crippen LogP contribution < -0.4 is 4.74 Å². The highest BCUT2D eigenvalue weighted by molar-refractivity contribution is 6.10. The second-order valence-corrected chi connectivity index (χ2v) is 5.01. The van der Waals surface area contributed by atoms with Crippen LogP contribution in [-0.2, 0) is 7.05 Å². The summed E-state index contributed by atoms with van der Waals surface area (Å²) in [7, 11) is 3.42. The summed E-state index contributed by atoms with van der Waals surface area (Å²) in [6, 6.07) is 7.24. The Kier molecular flexibility index (Phi) is 3.05. The molecule has 0 amide bonds. The van der Waals surface area contributed by atoms with Crippen LogP contribution in [0.3, 0.4) is 0 Å². The summed E-state index contributed by atoms with van der Waals surface area (Å²) in [6.45, 7) is 3.70. The van der Waals surface area contributed by atoms with Crippen molar-refractivity contribution in [3.63, 3.8) is 0 Å². The maximum atomic E-state index is 12.6. The number of nitrogens with zero attached hydrogens (tertiary/aromatic N) is 2. The molecule has 21 heavy (non-hydrogen) atoms. The van der Waals surface area contributed by atoms with Crippen LogP contribution in [0.5, 0.6) is 5.75 Å². The number of rotatable bonds is 3. The first kappa shape index (κ1) is 13.4. The van der Waals surface area contributed by atoms with E-state index in [1.807, 2.05) is 33.0 Å². The molecule has 0 aliphatic carbocycles. The van der Waals surface area contributed by atoms with Crippen molar-refractivity contribution in [2.45, 2.75) is 13.8 Å². The monoisotopic (exact) mass is 284 g/mol. The van der Waals surface area contributed by atoms with E-state index in [0.717, 1.165) is 11.1 Å². The largest absolute Gasteiger partial charge is 0.497 e. The van der Waals surface area contributed by atoms with Crippen molar-refractivity contribution in [2.75, 3.05) is 7.11 Å². The first-order valence-electron chi connectivity index (χ1n) is 6.63. The molecule has 0 atom stereocenters. The first-order valence-corrected chi connectivity index (χ1v) is 6.63. The summed E-state index contributed by atoms with van der Waals surface area (Å²) >= 11 is 0. The van der Waals surface area contributed by atoms with Gasteiger partial charge in [0.1, 0.15) is 11.3 Å². The summed E-state index contributed by atoms with van der Waals surface area (Å²) in [6.07, 6.45) is 0. The molecule has 108 valence electrons. The van der Waals surface area contributed by atoms with Gasteiger partial charge in [0.2, 0.25) is 5.78 Å². The Balaban J connectivity index is 2.09. The number of benzene rings is 1. The van der Waals surface area contributed by atoms with E-state index in [0.29, 0.717) is 28.4 Å². The Morgan fingerprint density at radius 2 is 2.05 bits per heavy atom. The number of aryl methyl sites for hydroxylation is 2. The Morgan fingerprint density at radius 1 is 1.29 bits per heavy atom. The summed E-state index contributed by atoms with van der Waals surface area (Å²) in [5, 5.41) is 5.15. The number of ketones is 1. The van der Waals surface area contributed by atoms with E-state index >= 15 is 0 Å². The number of carbonyl (C=O) groups excluding carboxylic acids is 1. The van der Waals surface area contributed by atoms with Gasteiger partial charge >= 0.3 is 0 Å². The lowest BCUT2D eigenvalue weighted by molar-refractivity contribution is 0.101. The molecule has 0 radical (unpaired) electrons. The van der Waals surface area contributed by atoms with Gasteiger partial charge in [0.05, 0.1) is 18.4 Å². The number of furan rings is 1. The number of carbonyl (C=O) groups is 1. The molecule has 0 fully saturated rings. The van der Waals surface area contributed by atoms with E-state index in [1.165, 1.54) is 0 Å². The Bertz CT molecular complexity index is 843. The highest BCUT2D eigenvalue weighted by atomic mass is 16.5. The zero-order valence-corrected chi connectivity index (χ0v) is 12.4. The smallest absolute Gasteiger partial charge is 0.231 e. The van der Waals surface area contributed by atoms with Crippen LogP contribution in [-0.4, -0.2) is 22.7 Å². The second-order valence-electron chi connectivity index (χ2n) is 5.01. The maximum absolute atomic E-state index is 12.6. The third-order valence-electron chi connectivity index (χ3n) is 3.69. The number of ether oxygens (including phenoxy) is 1. The topological polar surface area (TPSA) is 57.3 Å². The van der Waals surface area contributed by atoms with Crippen molar-refractivity contribution in [1.29, 1.82) is 0 Å². The number of hydrogen-bond donors (Lipinski definition) is 0. The van der Waals surface area contributed by atoms with E-state index in [4.69, 9.17) is 9.15 Å². The van der Waals surface area contributed by atoms with Crippen LogP contribution in [0.1, 0.15) is 27.5 Å². The van der Waals surface area contributed by atoms with Crippen molar-refractivity contribution in [3.05, 3.63) is 47.0 Å². The van der Waals surface area contributed by atoms with E-state index in [-0.39, 0.29) is 5.78 Å². The third kappa shape index (κ3) is 2.11. The molecule has 3 aromatic rings. The molecular weight excluding hydrogens is 268 g/mol. The molecule has 0 N–H and O–H groups in total. The molecule has 2 heterocycles. The summed E-state index contributed by atoms with van der Waals surface area (Å²) < 4.78 is 12.5. The molecule has 0 aliphatic heterocycles. The molecule has 0 aliphatic rings. The molecule has 5 nitrogen and oxygen atoms in total. The Labute approximate surface area is 122 Å². The quantitative estimate of drug-likeness (QED) is 0.694. The van der Waals surface area contributed by atoms with Crippen LogP contribution in [0.15, 0.2) is 28.7 Å². The predicted octanol–water partition coefficient (Wildman–Crippen LogP) is 3.02. The van der Waals surface area contributed by atoms with E-state index in [9.17, 15) is 4.79 Å². The zero-order chi connectivity index (χ0) is 15.1. The first-order chi connectivity index (χ1) is 10.0. The average molecular weight is 284 g/mol. The number of methoxy groups -OCH3 is 1. The molecule has 0 spiro atoms. The fraction of sp³-hybridized carbons (Fsp3) is 0.250. The van der Waals surface area contributed by atoms with E-state index < -0.39 is 0 Å². The van der Waals surface area contributed by atoms with Gasteiger partial charge in [-0.1, -0.05) is 0 Å². The van der Waals surface area contributed by atoms with Gasteiger partial charge in [-0.15, -0.1) is 0 Å². The molecule has 1 aromatic carbocycles. The highest BCUT2D eigenvalue weighted by Crippen LogP contribution is 2.26. The van der Waals surface area contributed by atoms with Crippen LogP contribution in [0.4, 0.5) is 0 Å². The van der Waals surface area contributed by atoms with Gasteiger partial charge in [-0.25, -0.2) is 0 Å². The fourth-order valence-electron chi connectivity index (χ4n) is 2.48. The molecule has 3 rings (SSSR count). The zero-order valence-electron chi connectivity index (χ0n) is 12.4. The van der Waals surface area contributed by atoms with Crippen molar-refractivity contribution in [2.24, 2.45) is 7.05 Å². The van der Waals surface area contributed by atoms with Crippen LogP contribution in [0.25, 0.3) is 11.0 Å². The minimum atomic E-state index is -0.145. The minimum Gasteiger partial charge on any atom is -0.497 e. The van der Waals surface area contributed by atoms with Gasteiger partial charge in [0.15, 0.2) is 5.76 Å². The van der Waals surface area contributed by atoms with Gasteiger partial charge in [-0.2, -0.15) is 5.10 Å². The normalized spacial score (nSPS) is 11.0. The lowest BCUT2D eigenvalue weighted by Gasteiger charge is -1.98. The molecular formula is C16H16N2O3. The van der Waals surface area contributed by atoms with Gasteiger partial charge < -0.3 is 9.15 Å². The molecule has 5 heteroatoms. The Hall–Kier alpha value is -2.56. The maximum Gasteiger partial charge on any atom is 0.231 e. The Morgan fingerprint density at radius 3 is 2.67 bits per heavy atom. The van der Waals surface area contributed by atoms with Crippen LogP contribution in [0.2, 0.25) is 0 Å². The van der Waals surface area contributed by atoms with Gasteiger partial charge in [0.25, 0.3) is 0 Å². The molecule has 2 aromatic heterocycles. The number of hydrogen-bond acceptors (Lipinski definition) is 4. The lowest BCUT2D eigenvalue weighted by Crippen LogP contribution is -2.03. The minimum absolute atomic E-state index is 0.145. The van der Waals surface area contributed by atoms with E-state index in [2.05, 4.69) is 5.10 Å². The van der Waals surface area contributed by atoms with Crippen LogP contribution >= 0.6 is 0 Å². The standard InChI is InChI=1S/C16H16N2O3/c1-9-15(10(2)18(3)17-9)16(19)14-7-11-5-6-12(20-4)8-13(11)21-14/h5-8H,1-4H3. The SMILES string of the molecule is COc1ccc2cc(C(=O)c3c(C)nn(C)c3C)oc2c1. The highest BCUT2D eigenvalue weighted by Gasteiger charge is 2.22. The van der Waals surface area contributed by atoms with E-state index in [1.54, 1.807) is 23.9 Å². The molecule has 0 bridgehead atoms. The fourth-order valence-corrected chi connectivity index (χ4v) is 2.48. The van der Waals surface area contributed by atoms with Gasteiger partial charge in [-0.3, -0.25) is 9.48 Å². The third-order valence-corrected chi connectivity index (χ3v) is 3.69. The lowest BCUT2D eigenvalue weighted by atomic mass is 10.1. The summed E-state index contributed by atoms with van der Waals surface area (Å²) in [5.41, 5.74) is 2.77. The second kappa shape index (κ2) is 4.77. The summed E-state index contributed by atoms with van der Waals surface area (Å²) in [5.74, 6) is 0.871. The summed E-state index contributed by atoms with van der Waals surface area (Å²) in [4.78, 5) is 12.6. The van der Waals surface area contributed by atoms with Crippen molar-refractivity contribution in [1.82, 2.24) is 9.78 Å². The van der Waals surface area contributed by atoms with Gasteiger partial charge in [0, 0.05) is 24.2 Å². The van der Waals surface area contributed by atoms with Crippen molar-refractivity contribution < 1.29 is 13.9 Å². The van der Waals surface area contributed by atoms with Crippen molar-refractivity contribution >= 4 is 16.8 Å². The predicted molar refractivity (Wildman–Crippen MR) is 78.9 cm³/mol. The molecule has 0 unspecified atom stereocenters.